The number of rotatable bonds is 4. The summed E-state index contributed by atoms with van der Waals surface area (Å²) in [5.41, 5.74) is 6.77. The van der Waals surface area contributed by atoms with E-state index in [4.69, 9.17) is 10.5 Å². The van der Waals surface area contributed by atoms with Crippen molar-refractivity contribution in [2.75, 3.05) is 12.3 Å². The molecule has 0 aromatic heterocycles. The third kappa shape index (κ3) is 3.55. The average molecular weight is 259 g/mol. The molecule has 0 radical (unpaired) electrons. The lowest BCUT2D eigenvalue weighted by Crippen LogP contribution is -2.10. The summed E-state index contributed by atoms with van der Waals surface area (Å²) in [6.45, 7) is 0.205. The van der Waals surface area contributed by atoms with E-state index >= 15 is 0 Å². The Balaban J connectivity index is 1.93. The van der Waals surface area contributed by atoms with Crippen LogP contribution in [0.2, 0.25) is 0 Å². The summed E-state index contributed by atoms with van der Waals surface area (Å²) < 4.78 is 18.4. The first-order valence-electron chi connectivity index (χ1n) is 5.93. The quantitative estimate of drug-likeness (QED) is 0.678. The number of carbonyl (C=O) groups is 1. The van der Waals surface area contributed by atoms with E-state index in [1.807, 2.05) is 30.3 Å². The molecule has 0 spiro atoms. The van der Waals surface area contributed by atoms with Gasteiger partial charge >= 0.3 is 5.97 Å². The van der Waals surface area contributed by atoms with E-state index < -0.39 is 11.8 Å². The van der Waals surface area contributed by atoms with Gasteiger partial charge in [0.25, 0.3) is 0 Å². The van der Waals surface area contributed by atoms with Gasteiger partial charge in [-0.05, 0) is 23.8 Å². The maximum absolute atomic E-state index is 13.4. The number of nitrogens with two attached hydrogens (primary N) is 1. The van der Waals surface area contributed by atoms with Crippen molar-refractivity contribution in [3.63, 3.8) is 0 Å². The van der Waals surface area contributed by atoms with Crippen LogP contribution in [0.4, 0.5) is 10.1 Å². The Morgan fingerprint density at radius 3 is 2.63 bits per heavy atom. The zero-order valence-electron chi connectivity index (χ0n) is 10.3. The van der Waals surface area contributed by atoms with Crippen molar-refractivity contribution in [3.8, 4) is 0 Å². The third-order valence-electron chi connectivity index (χ3n) is 2.68. The molecule has 0 saturated carbocycles. The molecule has 0 fully saturated rings. The average Bonchev–Trinajstić information content (AvgIpc) is 2.42. The Labute approximate surface area is 110 Å². The third-order valence-corrected chi connectivity index (χ3v) is 2.68. The molecular weight excluding hydrogens is 245 g/mol. The molecule has 0 aliphatic carbocycles. The predicted octanol–water partition coefficient (Wildman–Crippen LogP) is 2.81. The van der Waals surface area contributed by atoms with Gasteiger partial charge < -0.3 is 10.5 Å². The lowest BCUT2D eigenvalue weighted by atomic mass is 10.1. The second-order valence-electron chi connectivity index (χ2n) is 4.11. The first-order chi connectivity index (χ1) is 9.16. The van der Waals surface area contributed by atoms with Gasteiger partial charge in [0, 0.05) is 12.1 Å². The van der Waals surface area contributed by atoms with Gasteiger partial charge in [0.05, 0.1) is 12.2 Å². The van der Waals surface area contributed by atoms with Crippen LogP contribution in [-0.2, 0) is 11.2 Å². The molecule has 0 atom stereocenters. The SMILES string of the molecule is Nc1ccc(F)c(C(=O)OCCc2ccccc2)c1. The number of halogens is 1. The number of hydrogen-bond acceptors (Lipinski definition) is 3. The van der Waals surface area contributed by atoms with Gasteiger partial charge in [-0.3, -0.25) is 0 Å². The number of hydrogen-bond donors (Lipinski definition) is 1. The number of carbonyl (C=O) groups excluding carboxylic acids is 1. The second-order valence-corrected chi connectivity index (χ2v) is 4.11. The highest BCUT2D eigenvalue weighted by atomic mass is 19.1. The first-order valence-corrected chi connectivity index (χ1v) is 5.93. The summed E-state index contributed by atoms with van der Waals surface area (Å²) in [4.78, 5) is 11.7. The van der Waals surface area contributed by atoms with Crippen LogP contribution >= 0.6 is 0 Å². The highest BCUT2D eigenvalue weighted by Crippen LogP contribution is 2.13. The molecule has 98 valence electrons. The van der Waals surface area contributed by atoms with Crippen LogP contribution < -0.4 is 5.73 Å². The molecule has 19 heavy (non-hydrogen) atoms. The fourth-order valence-corrected chi connectivity index (χ4v) is 1.68. The van der Waals surface area contributed by atoms with Gasteiger partial charge in [0.1, 0.15) is 5.82 Å². The maximum Gasteiger partial charge on any atom is 0.341 e. The van der Waals surface area contributed by atoms with Gasteiger partial charge in [-0.25, -0.2) is 9.18 Å². The van der Waals surface area contributed by atoms with Crippen molar-refractivity contribution in [3.05, 3.63) is 65.5 Å². The minimum atomic E-state index is -0.694. The summed E-state index contributed by atoms with van der Waals surface area (Å²) in [6, 6.07) is 13.4. The van der Waals surface area contributed by atoms with Crippen molar-refractivity contribution in [1.29, 1.82) is 0 Å². The number of nitrogen functional groups attached to an aromatic ring is 1. The fraction of sp³-hybridized carbons (Fsp3) is 0.133. The normalized spacial score (nSPS) is 10.2. The van der Waals surface area contributed by atoms with E-state index in [1.165, 1.54) is 12.1 Å². The number of anilines is 1. The van der Waals surface area contributed by atoms with Crippen molar-refractivity contribution in [2.24, 2.45) is 0 Å². The van der Waals surface area contributed by atoms with Crippen LogP contribution in [0.1, 0.15) is 15.9 Å². The molecule has 0 unspecified atom stereocenters. The van der Waals surface area contributed by atoms with E-state index in [9.17, 15) is 9.18 Å². The maximum atomic E-state index is 13.4. The summed E-state index contributed by atoms with van der Waals surface area (Å²) >= 11 is 0. The fourth-order valence-electron chi connectivity index (χ4n) is 1.68. The van der Waals surface area contributed by atoms with Crippen molar-refractivity contribution in [1.82, 2.24) is 0 Å². The molecule has 2 rings (SSSR count). The molecule has 2 aromatic rings. The van der Waals surface area contributed by atoms with Crippen LogP contribution in [0.15, 0.2) is 48.5 Å². The standard InChI is InChI=1S/C15H14FNO2/c16-14-7-6-12(17)10-13(14)15(18)19-9-8-11-4-2-1-3-5-11/h1-7,10H,8-9,17H2. The molecule has 0 bridgehead atoms. The zero-order chi connectivity index (χ0) is 13.7. The highest BCUT2D eigenvalue weighted by molar-refractivity contribution is 5.90. The Kier molecular flexibility index (Phi) is 4.13. The Morgan fingerprint density at radius 1 is 1.16 bits per heavy atom. The smallest absolute Gasteiger partial charge is 0.341 e. The molecule has 0 amide bonds. The lowest BCUT2D eigenvalue weighted by molar-refractivity contribution is 0.0504. The Morgan fingerprint density at radius 2 is 1.89 bits per heavy atom. The molecule has 0 aliphatic heterocycles. The van der Waals surface area contributed by atoms with Crippen molar-refractivity contribution < 1.29 is 13.9 Å². The predicted molar refractivity (Wildman–Crippen MR) is 71.2 cm³/mol. The van der Waals surface area contributed by atoms with Crippen LogP contribution in [-0.4, -0.2) is 12.6 Å². The van der Waals surface area contributed by atoms with Gasteiger partial charge in [0.2, 0.25) is 0 Å². The van der Waals surface area contributed by atoms with Crippen molar-refractivity contribution in [2.45, 2.75) is 6.42 Å². The summed E-state index contributed by atoms with van der Waals surface area (Å²) in [5.74, 6) is -1.32. The summed E-state index contributed by atoms with van der Waals surface area (Å²) in [7, 11) is 0. The van der Waals surface area contributed by atoms with Crippen LogP contribution in [0.25, 0.3) is 0 Å². The van der Waals surface area contributed by atoms with Crippen molar-refractivity contribution >= 4 is 11.7 Å². The molecule has 3 nitrogen and oxygen atoms in total. The number of esters is 1. The lowest BCUT2D eigenvalue weighted by Gasteiger charge is -2.06. The van der Waals surface area contributed by atoms with Gasteiger partial charge in [0.15, 0.2) is 0 Å². The largest absolute Gasteiger partial charge is 0.462 e. The van der Waals surface area contributed by atoms with Gasteiger partial charge in [-0.1, -0.05) is 30.3 Å². The number of ether oxygens (including phenoxy) is 1. The van der Waals surface area contributed by atoms with E-state index in [0.717, 1.165) is 11.6 Å². The Hall–Kier alpha value is -2.36. The molecule has 4 heteroatoms. The number of benzene rings is 2. The van der Waals surface area contributed by atoms with Gasteiger partial charge in [-0.15, -0.1) is 0 Å². The first kappa shape index (κ1) is 13.1. The van der Waals surface area contributed by atoms with Crippen LogP contribution in [0.5, 0.6) is 0 Å². The molecular formula is C15H14FNO2. The molecule has 2 N–H and O–H groups in total. The van der Waals surface area contributed by atoms with E-state index in [2.05, 4.69) is 0 Å². The molecule has 2 aromatic carbocycles. The zero-order valence-corrected chi connectivity index (χ0v) is 10.3. The summed E-state index contributed by atoms with van der Waals surface area (Å²) in [5, 5.41) is 0. The van der Waals surface area contributed by atoms with E-state index in [0.29, 0.717) is 12.1 Å². The summed E-state index contributed by atoms with van der Waals surface area (Å²) in [6.07, 6.45) is 0.594. The van der Waals surface area contributed by atoms with Gasteiger partial charge in [-0.2, -0.15) is 0 Å². The minimum absolute atomic E-state index is 0.131. The molecule has 0 saturated heterocycles. The monoisotopic (exact) mass is 259 g/mol. The van der Waals surface area contributed by atoms with E-state index in [-0.39, 0.29) is 12.2 Å². The highest BCUT2D eigenvalue weighted by Gasteiger charge is 2.13. The van der Waals surface area contributed by atoms with Crippen LogP contribution in [0.3, 0.4) is 0 Å². The van der Waals surface area contributed by atoms with E-state index in [1.54, 1.807) is 0 Å². The second kappa shape index (κ2) is 6.00. The minimum Gasteiger partial charge on any atom is -0.462 e. The molecule has 0 heterocycles. The topological polar surface area (TPSA) is 52.3 Å². The van der Waals surface area contributed by atoms with Crippen LogP contribution in [0, 0.1) is 5.82 Å². The Bertz CT molecular complexity index is 570. The molecule has 0 aliphatic rings.